The monoisotopic (exact) mass is 401 g/mol. The number of carbonyl (C=O) groups excluding carboxylic acids is 1. The van der Waals surface area contributed by atoms with Gasteiger partial charge in [-0.05, 0) is 36.2 Å². The highest BCUT2D eigenvalue weighted by atomic mass is 32.2. The Morgan fingerprint density at radius 3 is 2.54 bits per heavy atom. The van der Waals surface area contributed by atoms with Crippen LogP contribution in [0, 0.1) is 0 Å². The van der Waals surface area contributed by atoms with Crippen LogP contribution in [0.25, 0.3) is 0 Å². The first-order chi connectivity index (χ1) is 13.7. The maximum absolute atomic E-state index is 13.1. The molecule has 0 spiro atoms. The van der Waals surface area contributed by atoms with E-state index in [4.69, 9.17) is 18.9 Å². The normalized spacial score (nSPS) is 18.5. The molecule has 28 heavy (non-hydrogen) atoms. The summed E-state index contributed by atoms with van der Waals surface area (Å²) in [7, 11) is 3.17. The van der Waals surface area contributed by atoms with E-state index >= 15 is 0 Å². The van der Waals surface area contributed by atoms with E-state index in [2.05, 4.69) is 12.1 Å². The van der Waals surface area contributed by atoms with Gasteiger partial charge in [0.1, 0.15) is 11.5 Å². The first kappa shape index (κ1) is 18.8. The van der Waals surface area contributed by atoms with E-state index in [-0.39, 0.29) is 12.7 Å². The zero-order chi connectivity index (χ0) is 19.5. The molecular weight excluding hydrogens is 378 g/mol. The molecule has 1 saturated heterocycles. The smallest absolute Gasteiger partial charge is 0.254 e. The molecule has 0 bridgehead atoms. The van der Waals surface area contributed by atoms with Crippen LogP contribution in [-0.4, -0.2) is 50.7 Å². The van der Waals surface area contributed by atoms with Crippen molar-refractivity contribution in [2.45, 2.75) is 11.7 Å². The van der Waals surface area contributed by atoms with E-state index in [0.717, 1.165) is 23.7 Å². The minimum absolute atomic E-state index is 0.00383. The molecule has 1 amide bonds. The molecule has 2 aromatic rings. The fourth-order valence-electron chi connectivity index (χ4n) is 3.47. The minimum atomic E-state index is 0.00383. The Morgan fingerprint density at radius 1 is 1.04 bits per heavy atom. The second-order valence-electron chi connectivity index (χ2n) is 6.65. The van der Waals surface area contributed by atoms with Crippen LogP contribution in [-0.2, 0) is 0 Å². The van der Waals surface area contributed by atoms with Gasteiger partial charge in [-0.15, -0.1) is 0 Å². The predicted octanol–water partition coefficient (Wildman–Crippen LogP) is 3.75. The minimum Gasteiger partial charge on any atom is -0.497 e. The van der Waals surface area contributed by atoms with E-state index in [0.29, 0.717) is 35.4 Å². The van der Waals surface area contributed by atoms with Crippen LogP contribution < -0.4 is 18.9 Å². The SMILES string of the molecule is COc1cc(OC)cc(C(=O)N2CCSC(c3ccc4c(c3)OCO4)CC2)c1. The molecule has 1 atom stereocenters. The Labute approximate surface area is 168 Å². The van der Waals surface area contributed by atoms with Gasteiger partial charge in [0, 0.05) is 35.7 Å². The molecule has 0 N–H and O–H groups in total. The largest absolute Gasteiger partial charge is 0.497 e. The molecule has 1 fully saturated rings. The highest BCUT2D eigenvalue weighted by Crippen LogP contribution is 2.40. The van der Waals surface area contributed by atoms with Gasteiger partial charge in [-0.1, -0.05) is 6.07 Å². The molecule has 2 aliphatic heterocycles. The summed E-state index contributed by atoms with van der Waals surface area (Å²) in [5.74, 6) is 3.72. The van der Waals surface area contributed by atoms with Gasteiger partial charge in [0.25, 0.3) is 5.91 Å². The Balaban J connectivity index is 1.47. The lowest BCUT2D eigenvalue weighted by Gasteiger charge is -2.21. The van der Waals surface area contributed by atoms with Crippen molar-refractivity contribution in [1.29, 1.82) is 0 Å². The number of nitrogens with zero attached hydrogens (tertiary/aromatic N) is 1. The number of hydrogen-bond donors (Lipinski definition) is 0. The van der Waals surface area contributed by atoms with Crippen molar-refractivity contribution in [3.05, 3.63) is 47.5 Å². The molecule has 7 heteroatoms. The third-order valence-electron chi connectivity index (χ3n) is 5.00. The fourth-order valence-corrected chi connectivity index (χ4v) is 4.69. The van der Waals surface area contributed by atoms with Gasteiger partial charge in [-0.2, -0.15) is 11.8 Å². The third-order valence-corrected chi connectivity index (χ3v) is 6.32. The number of fused-ring (bicyclic) bond motifs is 1. The summed E-state index contributed by atoms with van der Waals surface area (Å²) in [6.45, 7) is 1.69. The van der Waals surface area contributed by atoms with Crippen molar-refractivity contribution < 1.29 is 23.7 Å². The van der Waals surface area contributed by atoms with E-state index in [9.17, 15) is 4.79 Å². The standard InChI is InChI=1S/C21H23NO5S/c1-24-16-9-15(10-17(12-16)25-2)21(23)22-6-5-20(28-8-7-22)14-3-4-18-19(11-14)27-13-26-18/h3-4,9-12,20H,5-8,13H2,1-2H3. The quantitative estimate of drug-likeness (QED) is 0.778. The summed E-state index contributed by atoms with van der Waals surface area (Å²) in [6.07, 6.45) is 0.886. The van der Waals surface area contributed by atoms with Gasteiger partial charge in [0.2, 0.25) is 6.79 Å². The molecular formula is C21H23NO5S. The molecule has 148 valence electrons. The molecule has 0 aromatic heterocycles. The summed E-state index contributed by atoms with van der Waals surface area (Å²) >= 11 is 1.87. The zero-order valence-electron chi connectivity index (χ0n) is 16.0. The number of amides is 1. The van der Waals surface area contributed by atoms with Gasteiger partial charge < -0.3 is 23.8 Å². The maximum atomic E-state index is 13.1. The number of thioether (sulfide) groups is 1. The van der Waals surface area contributed by atoms with E-state index in [1.165, 1.54) is 5.56 Å². The summed E-state index contributed by atoms with van der Waals surface area (Å²) in [4.78, 5) is 15.0. The lowest BCUT2D eigenvalue weighted by Crippen LogP contribution is -2.33. The number of ether oxygens (including phenoxy) is 4. The van der Waals surface area contributed by atoms with Crippen LogP contribution in [0.4, 0.5) is 0 Å². The predicted molar refractivity (Wildman–Crippen MR) is 108 cm³/mol. The molecule has 2 heterocycles. The van der Waals surface area contributed by atoms with Crippen LogP contribution in [0.5, 0.6) is 23.0 Å². The Hall–Kier alpha value is -2.54. The zero-order valence-corrected chi connectivity index (χ0v) is 16.8. The van der Waals surface area contributed by atoms with Gasteiger partial charge in [-0.3, -0.25) is 4.79 Å². The van der Waals surface area contributed by atoms with E-state index in [1.807, 2.05) is 22.7 Å². The van der Waals surface area contributed by atoms with Gasteiger partial charge in [0.15, 0.2) is 11.5 Å². The average molecular weight is 401 g/mol. The van der Waals surface area contributed by atoms with Crippen LogP contribution >= 0.6 is 11.8 Å². The first-order valence-electron chi connectivity index (χ1n) is 9.21. The summed E-state index contributed by atoms with van der Waals surface area (Å²) in [5.41, 5.74) is 1.80. The van der Waals surface area contributed by atoms with Crippen molar-refractivity contribution in [3.63, 3.8) is 0 Å². The topological polar surface area (TPSA) is 57.2 Å². The Kier molecular flexibility index (Phi) is 5.52. The van der Waals surface area contributed by atoms with Crippen molar-refractivity contribution in [1.82, 2.24) is 4.90 Å². The van der Waals surface area contributed by atoms with Crippen molar-refractivity contribution in [2.75, 3.05) is 39.9 Å². The van der Waals surface area contributed by atoms with Crippen LogP contribution in [0.1, 0.15) is 27.6 Å². The third kappa shape index (κ3) is 3.85. The van der Waals surface area contributed by atoms with Gasteiger partial charge >= 0.3 is 0 Å². The van der Waals surface area contributed by atoms with E-state index in [1.54, 1.807) is 32.4 Å². The first-order valence-corrected chi connectivity index (χ1v) is 10.3. The van der Waals surface area contributed by atoms with Crippen molar-refractivity contribution >= 4 is 17.7 Å². The lowest BCUT2D eigenvalue weighted by molar-refractivity contribution is 0.0766. The highest BCUT2D eigenvalue weighted by Gasteiger charge is 2.25. The van der Waals surface area contributed by atoms with E-state index < -0.39 is 0 Å². The molecule has 0 radical (unpaired) electrons. The van der Waals surface area contributed by atoms with Crippen molar-refractivity contribution in [2.24, 2.45) is 0 Å². The lowest BCUT2D eigenvalue weighted by atomic mass is 10.1. The maximum Gasteiger partial charge on any atom is 0.254 e. The average Bonchev–Trinajstić information content (AvgIpc) is 3.07. The Morgan fingerprint density at radius 2 is 1.79 bits per heavy atom. The summed E-state index contributed by atoms with van der Waals surface area (Å²) in [6, 6.07) is 11.4. The molecule has 0 saturated carbocycles. The number of methoxy groups -OCH3 is 2. The number of carbonyl (C=O) groups is 1. The summed E-state index contributed by atoms with van der Waals surface area (Å²) < 4.78 is 21.5. The summed E-state index contributed by atoms with van der Waals surface area (Å²) in [5, 5.41) is 0.326. The van der Waals surface area contributed by atoms with Gasteiger partial charge in [0.05, 0.1) is 14.2 Å². The molecule has 2 aliphatic rings. The second-order valence-corrected chi connectivity index (χ2v) is 7.96. The van der Waals surface area contributed by atoms with Crippen LogP contribution in [0.3, 0.4) is 0 Å². The molecule has 4 rings (SSSR count). The van der Waals surface area contributed by atoms with Gasteiger partial charge in [-0.25, -0.2) is 0 Å². The number of rotatable bonds is 4. The molecule has 1 unspecified atom stereocenters. The molecule has 0 aliphatic carbocycles. The highest BCUT2D eigenvalue weighted by molar-refractivity contribution is 7.99. The fraction of sp³-hybridized carbons (Fsp3) is 0.381. The molecule has 6 nitrogen and oxygen atoms in total. The molecule has 2 aromatic carbocycles. The van der Waals surface area contributed by atoms with Crippen LogP contribution in [0.15, 0.2) is 36.4 Å². The second kappa shape index (κ2) is 8.22. The Bertz CT molecular complexity index is 850. The number of hydrogen-bond acceptors (Lipinski definition) is 6. The van der Waals surface area contributed by atoms with Crippen molar-refractivity contribution in [3.8, 4) is 23.0 Å². The number of benzene rings is 2. The van der Waals surface area contributed by atoms with Crippen LogP contribution in [0.2, 0.25) is 0 Å².